The number of aromatic nitrogens is 3. The Balaban J connectivity index is 0.00000225. The molecule has 2 aromatic rings. The molecule has 1 saturated heterocycles. The minimum atomic E-state index is -3.54. The van der Waals surface area contributed by atoms with Crippen molar-refractivity contribution in [2.75, 3.05) is 33.4 Å². The van der Waals surface area contributed by atoms with Crippen LogP contribution in [-0.4, -0.2) is 67.2 Å². The SMILES string of the molecule is CNC(C)Cc1noc(-c2cc(S(=O)(=O)N3CCOCC3)c[nH]2)n1.Cl. The molecule has 3 heterocycles. The number of hydrogen-bond donors (Lipinski definition) is 2. The summed E-state index contributed by atoms with van der Waals surface area (Å²) in [5.41, 5.74) is 0.484. The van der Waals surface area contributed by atoms with Gasteiger partial charge in [-0.25, -0.2) is 8.42 Å². The van der Waals surface area contributed by atoms with Gasteiger partial charge in [0.25, 0.3) is 5.89 Å². The highest BCUT2D eigenvalue weighted by Gasteiger charge is 2.28. The number of nitrogens with zero attached hydrogens (tertiary/aromatic N) is 3. The minimum absolute atomic E-state index is 0. The van der Waals surface area contributed by atoms with Crippen molar-refractivity contribution in [2.24, 2.45) is 0 Å². The van der Waals surface area contributed by atoms with Crippen LogP contribution in [0, 0.1) is 0 Å². The Morgan fingerprint density at radius 2 is 2.12 bits per heavy atom. The Morgan fingerprint density at radius 1 is 1.40 bits per heavy atom. The minimum Gasteiger partial charge on any atom is -0.379 e. The zero-order chi connectivity index (χ0) is 17.2. The van der Waals surface area contributed by atoms with Crippen molar-refractivity contribution < 1.29 is 17.7 Å². The van der Waals surface area contributed by atoms with Gasteiger partial charge in [0.15, 0.2) is 5.82 Å². The van der Waals surface area contributed by atoms with E-state index in [1.165, 1.54) is 16.6 Å². The van der Waals surface area contributed by atoms with Crippen LogP contribution < -0.4 is 5.32 Å². The first-order chi connectivity index (χ1) is 11.5. The normalized spacial score (nSPS) is 17.2. The predicted molar refractivity (Wildman–Crippen MR) is 93.1 cm³/mol. The highest BCUT2D eigenvalue weighted by Crippen LogP contribution is 2.23. The fourth-order valence-corrected chi connectivity index (χ4v) is 3.81. The third-order valence-corrected chi connectivity index (χ3v) is 5.82. The second kappa shape index (κ2) is 8.28. The Hall–Kier alpha value is -1.46. The maximum Gasteiger partial charge on any atom is 0.274 e. The fourth-order valence-electron chi connectivity index (χ4n) is 2.41. The molecule has 1 fully saturated rings. The van der Waals surface area contributed by atoms with Crippen molar-refractivity contribution in [2.45, 2.75) is 24.3 Å². The number of aromatic amines is 1. The molecule has 0 aliphatic carbocycles. The summed E-state index contributed by atoms with van der Waals surface area (Å²) in [6.07, 6.45) is 2.07. The maximum absolute atomic E-state index is 12.6. The largest absolute Gasteiger partial charge is 0.379 e. The van der Waals surface area contributed by atoms with Crippen LogP contribution in [-0.2, 0) is 21.2 Å². The third-order valence-electron chi connectivity index (χ3n) is 3.94. The molecule has 2 aromatic heterocycles. The van der Waals surface area contributed by atoms with Gasteiger partial charge in [-0.2, -0.15) is 9.29 Å². The lowest BCUT2D eigenvalue weighted by atomic mass is 10.2. The van der Waals surface area contributed by atoms with Crippen molar-refractivity contribution in [1.29, 1.82) is 0 Å². The summed E-state index contributed by atoms with van der Waals surface area (Å²) in [6.45, 7) is 3.54. The van der Waals surface area contributed by atoms with E-state index in [2.05, 4.69) is 20.4 Å². The van der Waals surface area contributed by atoms with E-state index in [-0.39, 0.29) is 29.2 Å². The van der Waals surface area contributed by atoms with Crippen LogP contribution in [0.2, 0.25) is 0 Å². The average Bonchev–Trinajstić information content (AvgIpc) is 3.25. The quantitative estimate of drug-likeness (QED) is 0.743. The van der Waals surface area contributed by atoms with Gasteiger partial charge in [0.2, 0.25) is 10.0 Å². The lowest BCUT2D eigenvalue weighted by Crippen LogP contribution is -2.40. The van der Waals surface area contributed by atoms with E-state index in [9.17, 15) is 8.42 Å². The smallest absolute Gasteiger partial charge is 0.274 e. The van der Waals surface area contributed by atoms with Crippen LogP contribution in [0.3, 0.4) is 0 Å². The van der Waals surface area contributed by atoms with Gasteiger partial charge < -0.3 is 19.6 Å². The van der Waals surface area contributed by atoms with Gasteiger partial charge in [-0.05, 0) is 20.0 Å². The van der Waals surface area contributed by atoms with E-state index in [0.717, 1.165) is 0 Å². The molecule has 3 rings (SSSR count). The lowest BCUT2D eigenvalue weighted by molar-refractivity contribution is 0.0730. The maximum atomic E-state index is 12.6. The second-order valence-electron chi connectivity index (χ2n) is 5.68. The van der Waals surface area contributed by atoms with E-state index in [1.54, 1.807) is 0 Å². The van der Waals surface area contributed by atoms with Crippen LogP contribution in [0.1, 0.15) is 12.7 Å². The van der Waals surface area contributed by atoms with E-state index < -0.39 is 10.0 Å². The number of morpholine rings is 1. The van der Waals surface area contributed by atoms with Crippen LogP contribution >= 0.6 is 12.4 Å². The van der Waals surface area contributed by atoms with Crippen LogP contribution in [0.5, 0.6) is 0 Å². The number of ether oxygens (including phenoxy) is 1. The molecule has 2 N–H and O–H groups in total. The molecule has 1 unspecified atom stereocenters. The zero-order valence-electron chi connectivity index (χ0n) is 14.1. The summed E-state index contributed by atoms with van der Waals surface area (Å²) in [5.74, 6) is 0.843. The molecule has 0 saturated carbocycles. The summed E-state index contributed by atoms with van der Waals surface area (Å²) in [5, 5.41) is 7.02. The molecule has 0 spiro atoms. The van der Waals surface area contributed by atoms with Gasteiger partial charge in [-0.3, -0.25) is 0 Å². The fraction of sp³-hybridized carbons (Fsp3) is 0.571. The van der Waals surface area contributed by atoms with Gasteiger partial charge in [-0.15, -0.1) is 12.4 Å². The molecule has 0 bridgehead atoms. The molecule has 11 heteroatoms. The number of rotatable bonds is 6. The third kappa shape index (κ3) is 4.39. The molecule has 1 aliphatic rings. The number of sulfonamides is 1. The van der Waals surface area contributed by atoms with Gasteiger partial charge in [0, 0.05) is 31.7 Å². The molecule has 0 amide bonds. The standard InChI is InChI=1S/C14H21N5O4S.ClH/c1-10(15-2)7-13-17-14(23-18-13)12-8-11(9-16-12)24(20,21)19-3-5-22-6-4-19;/h8-10,15-16H,3-7H2,1-2H3;1H. The number of likely N-dealkylation sites (N-methyl/N-ethyl adjacent to an activating group) is 1. The van der Waals surface area contributed by atoms with E-state index in [0.29, 0.717) is 44.2 Å². The van der Waals surface area contributed by atoms with Gasteiger partial charge >= 0.3 is 0 Å². The molecule has 140 valence electrons. The highest BCUT2D eigenvalue weighted by atomic mass is 35.5. The zero-order valence-corrected chi connectivity index (χ0v) is 15.7. The summed E-state index contributed by atoms with van der Waals surface area (Å²) in [7, 11) is -1.68. The molecule has 0 radical (unpaired) electrons. The van der Waals surface area contributed by atoms with Crippen LogP contribution in [0.15, 0.2) is 21.7 Å². The Morgan fingerprint density at radius 3 is 2.80 bits per heavy atom. The van der Waals surface area contributed by atoms with E-state index in [1.807, 2.05) is 14.0 Å². The highest BCUT2D eigenvalue weighted by molar-refractivity contribution is 7.89. The van der Waals surface area contributed by atoms with Crippen molar-refractivity contribution in [3.63, 3.8) is 0 Å². The number of H-pyrrole nitrogens is 1. The van der Waals surface area contributed by atoms with Crippen molar-refractivity contribution in [3.05, 3.63) is 18.1 Å². The number of nitrogens with one attached hydrogen (secondary N) is 2. The van der Waals surface area contributed by atoms with Crippen molar-refractivity contribution in [1.82, 2.24) is 24.7 Å². The van der Waals surface area contributed by atoms with Gasteiger partial charge in [0.1, 0.15) is 10.6 Å². The molecular formula is C14H22ClN5O4S. The Kier molecular flexibility index (Phi) is 6.58. The summed E-state index contributed by atoms with van der Waals surface area (Å²) in [4.78, 5) is 7.38. The predicted octanol–water partition coefficient (Wildman–Crippen LogP) is 0.658. The molecule has 9 nitrogen and oxygen atoms in total. The summed E-state index contributed by atoms with van der Waals surface area (Å²) in [6, 6.07) is 1.74. The topological polar surface area (TPSA) is 113 Å². The lowest BCUT2D eigenvalue weighted by Gasteiger charge is -2.25. The second-order valence-corrected chi connectivity index (χ2v) is 7.61. The van der Waals surface area contributed by atoms with E-state index >= 15 is 0 Å². The molecule has 1 atom stereocenters. The Labute approximate surface area is 152 Å². The van der Waals surface area contributed by atoms with Gasteiger partial charge in [0.05, 0.1) is 13.2 Å². The first kappa shape index (κ1) is 19.9. The van der Waals surface area contributed by atoms with Gasteiger partial charge in [-0.1, -0.05) is 5.16 Å². The first-order valence-electron chi connectivity index (χ1n) is 7.77. The van der Waals surface area contributed by atoms with E-state index in [4.69, 9.17) is 9.26 Å². The van der Waals surface area contributed by atoms with Crippen LogP contribution in [0.25, 0.3) is 11.6 Å². The molecular weight excluding hydrogens is 370 g/mol. The first-order valence-corrected chi connectivity index (χ1v) is 9.21. The molecule has 25 heavy (non-hydrogen) atoms. The van der Waals surface area contributed by atoms with Crippen molar-refractivity contribution in [3.8, 4) is 11.6 Å². The number of halogens is 1. The summed E-state index contributed by atoms with van der Waals surface area (Å²) < 4.78 is 37.0. The number of hydrogen-bond acceptors (Lipinski definition) is 7. The monoisotopic (exact) mass is 391 g/mol. The molecule has 1 aliphatic heterocycles. The van der Waals surface area contributed by atoms with Crippen LogP contribution in [0.4, 0.5) is 0 Å². The Bertz CT molecular complexity index is 785. The molecule has 0 aromatic carbocycles. The average molecular weight is 392 g/mol. The van der Waals surface area contributed by atoms with Crippen molar-refractivity contribution >= 4 is 22.4 Å². The summed E-state index contributed by atoms with van der Waals surface area (Å²) >= 11 is 0.